The van der Waals surface area contributed by atoms with Gasteiger partial charge in [0.1, 0.15) is 12.4 Å². The van der Waals surface area contributed by atoms with Crippen molar-refractivity contribution in [2.75, 3.05) is 7.05 Å². The summed E-state index contributed by atoms with van der Waals surface area (Å²) in [4.78, 5) is 13.6. The Kier molecular flexibility index (Phi) is 5.16. The van der Waals surface area contributed by atoms with Gasteiger partial charge in [0.15, 0.2) is 5.69 Å². The van der Waals surface area contributed by atoms with E-state index in [1.165, 1.54) is 23.1 Å². The topological polar surface area (TPSA) is 58.2 Å². The van der Waals surface area contributed by atoms with Crippen LogP contribution < -0.4 is 4.74 Å². The minimum Gasteiger partial charge on any atom is -0.487 e. The molecule has 1 amide bonds. The van der Waals surface area contributed by atoms with Gasteiger partial charge < -0.3 is 9.64 Å². The molecule has 130 valence electrons. The number of halogens is 3. The standard InChI is InChI=1S/C16H18F3N3O2/c1-10(2)22(3)15(23)14-8-12(20-21-14)9-24-13-6-4-5-11(7-13)16(17,18)19/h4-8,10H,9H2,1-3H3,(H,20,21). The first-order chi connectivity index (χ1) is 11.2. The van der Waals surface area contributed by atoms with E-state index in [9.17, 15) is 18.0 Å². The number of nitrogens with one attached hydrogen (secondary N) is 1. The molecule has 8 heteroatoms. The summed E-state index contributed by atoms with van der Waals surface area (Å²) >= 11 is 0. The fraction of sp³-hybridized carbons (Fsp3) is 0.375. The summed E-state index contributed by atoms with van der Waals surface area (Å²) in [5.74, 6) is -0.154. The van der Waals surface area contributed by atoms with Gasteiger partial charge in [-0.15, -0.1) is 0 Å². The van der Waals surface area contributed by atoms with Crippen LogP contribution in [0.1, 0.15) is 35.6 Å². The third-order valence-electron chi connectivity index (χ3n) is 3.50. The van der Waals surface area contributed by atoms with Crippen molar-refractivity contribution >= 4 is 5.91 Å². The second-order valence-corrected chi connectivity index (χ2v) is 5.60. The Morgan fingerprint density at radius 2 is 2.04 bits per heavy atom. The van der Waals surface area contributed by atoms with Crippen molar-refractivity contribution in [2.45, 2.75) is 32.7 Å². The number of nitrogens with zero attached hydrogens (tertiary/aromatic N) is 2. The monoisotopic (exact) mass is 341 g/mol. The van der Waals surface area contributed by atoms with Gasteiger partial charge in [0.2, 0.25) is 0 Å². The molecule has 0 radical (unpaired) electrons. The number of benzene rings is 1. The third-order valence-corrected chi connectivity index (χ3v) is 3.50. The largest absolute Gasteiger partial charge is 0.487 e. The molecule has 0 bridgehead atoms. The number of ether oxygens (including phenoxy) is 1. The molecule has 0 atom stereocenters. The lowest BCUT2D eigenvalue weighted by Gasteiger charge is -2.19. The number of aromatic amines is 1. The normalized spacial score (nSPS) is 11.6. The van der Waals surface area contributed by atoms with Crippen molar-refractivity contribution in [3.8, 4) is 5.75 Å². The van der Waals surface area contributed by atoms with Crippen LogP contribution in [0.4, 0.5) is 13.2 Å². The molecule has 24 heavy (non-hydrogen) atoms. The van der Waals surface area contributed by atoms with Crippen LogP contribution in [0.3, 0.4) is 0 Å². The lowest BCUT2D eigenvalue weighted by atomic mass is 10.2. The number of hydrogen-bond acceptors (Lipinski definition) is 3. The van der Waals surface area contributed by atoms with Gasteiger partial charge in [-0.3, -0.25) is 9.89 Å². The molecule has 5 nitrogen and oxygen atoms in total. The highest BCUT2D eigenvalue weighted by atomic mass is 19.4. The van der Waals surface area contributed by atoms with Crippen LogP contribution in [-0.2, 0) is 12.8 Å². The molecular weight excluding hydrogens is 323 g/mol. The first-order valence-electron chi connectivity index (χ1n) is 7.30. The van der Waals surface area contributed by atoms with E-state index in [1.54, 1.807) is 7.05 Å². The van der Waals surface area contributed by atoms with Crippen molar-refractivity contribution in [3.63, 3.8) is 0 Å². The minimum absolute atomic E-state index is 0.0208. The third kappa shape index (κ3) is 4.27. The molecule has 1 N–H and O–H groups in total. The van der Waals surface area contributed by atoms with Crippen LogP contribution in [-0.4, -0.2) is 34.1 Å². The molecule has 0 aliphatic rings. The lowest BCUT2D eigenvalue weighted by molar-refractivity contribution is -0.137. The van der Waals surface area contributed by atoms with Crippen molar-refractivity contribution in [1.82, 2.24) is 15.1 Å². The van der Waals surface area contributed by atoms with Crippen LogP contribution >= 0.6 is 0 Å². The maximum absolute atomic E-state index is 12.7. The van der Waals surface area contributed by atoms with Gasteiger partial charge in [-0.1, -0.05) is 6.07 Å². The van der Waals surface area contributed by atoms with Crippen LogP contribution in [0.25, 0.3) is 0 Å². The maximum Gasteiger partial charge on any atom is 0.416 e. The first kappa shape index (κ1) is 17.8. The molecule has 2 rings (SSSR count). The fourth-order valence-electron chi connectivity index (χ4n) is 1.88. The first-order valence-corrected chi connectivity index (χ1v) is 7.30. The molecule has 0 saturated carbocycles. The zero-order valence-electron chi connectivity index (χ0n) is 13.5. The molecule has 0 unspecified atom stereocenters. The molecule has 1 aromatic carbocycles. The van der Waals surface area contributed by atoms with Crippen molar-refractivity contribution in [2.24, 2.45) is 0 Å². The smallest absolute Gasteiger partial charge is 0.416 e. The highest BCUT2D eigenvalue weighted by molar-refractivity contribution is 5.92. The zero-order chi connectivity index (χ0) is 17.9. The van der Waals surface area contributed by atoms with Gasteiger partial charge in [-0.05, 0) is 38.1 Å². The summed E-state index contributed by atoms with van der Waals surface area (Å²) in [7, 11) is 1.67. The average Bonchev–Trinajstić information content (AvgIpc) is 2.99. The fourth-order valence-corrected chi connectivity index (χ4v) is 1.88. The molecule has 2 aromatic rings. The van der Waals surface area contributed by atoms with Crippen molar-refractivity contribution in [3.05, 3.63) is 47.3 Å². The Morgan fingerprint density at radius 1 is 1.33 bits per heavy atom. The average molecular weight is 341 g/mol. The zero-order valence-corrected chi connectivity index (χ0v) is 13.5. The number of amides is 1. The number of H-pyrrole nitrogens is 1. The molecule has 0 fully saturated rings. The predicted octanol–water partition coefficient (Wildman–Crippen LogP) is 3.49. The summed E-state index contributed by atoms with van der Waals surface area (Å²) in [6.45, 7) is 3.73. The molecule has 0 aliphatic carbocycles. The lowest BCUT2D eigenvalue weighted by Crippen LogP contribution is -2.33. The second kappa shape index (κ2) is 6.94. The SMILES string of the molecule is CC(C)N(C)C(=O)c1cc(COc2cccc(C(F)(F)F)c2)[nH]n1. The molecule has 0 spiro atoms. The van der Waals surface area contributed by atoms with E-state index in [0.29, 0.717) is 5.69 Å². The van der Waals surface area contributed by atoms with E-state index in [2.05, 4.69) is 10.2 Å². The van der Waals surface area contributed by atoms with E-state index in [-0.39, 0.29) is 30.0 Å². The number of carbonyl (C=O) groups is 1. The van der Waals surface area contributed by atoms with Crippen molar-refractivity contribution in [1.29, 1.82) is 0 Å². The van der Waals surface area contributed by atoms with Gasteiger partial charge in [-0.2, -0.15) is 18.3 Å². The Labute approximate surface area is 137 Å². The summed E-state index contributed by atoms with van der Waals surface area (Å²) in [6, 6.07) is 6.16. The van der Waals surface area contributed by atoms with Crippen LogP contribution in [0.5, 0.6) is 5.75 Å². The number of carbonyl (C=O) groups excluding carboxylic acids is 1. The number of rotatable bonds is 5. The number of aromatic nitrogens is 2. The quantitative estimate of drug-likeness (QED) is 0.906. The van der Waals surface area contributed by atoms with E-state index < -0.39 is 11.7 Å². The molecule has 1 heterocycles. The number of hydrogen-bond donors (Lipinski definition) is 1. The van der Waals surface area contributed by atoms with Crippen LogP contribution in [0.15, 0.2) is 30.3 Å². The summed E-state index contributed by atoms with van der Waals surface area (Å²) < 4.78 is 43.3. The van der Waals surface area contributed by atoms with Gasteiger partial charge in [0, 0.05) is 13.1 Å². The Morgan fingerprint density at radius 3 is 2.67 bits per heavy atom. The molecule has 0 saturated heterocycles. The Hall–Kier alpha value is -2.51. The highest BCUT2D eigenvalue weighted by Crippen LogP contribution is 2.31. The van der Waals surface area contributed by atoms with E-state index in [0.717, 1.165) is 12.1 Å². The van der Waals surface area contributed by atoms with Gasteiger partial charge in [0.25, 0.3) is 5.91 Å². The summed E-state index contributed by atoms with van der Waals surface area (Å²) in [6.07, 6.45) is -4.42. The van der Waals surface area contributed by atoms with Crippen LogP contribution in [0, 0.1) is 0 Å². The Bertz CT molecular complexity index is 711. The van der Waals surface area contributed by atoms with E-state index in [4.69, 9.17) is 4.74 Å². The minimum atomic E-state index is -4.42. The molecule has 1 aromatic heterocycles. The van der Waals surface area contributed by atoms with Crippen molar-refractivity contribution < 1.29 is 22.7 Å². The molecule has 0 aliphatic heterocycles. The van der Waals surface area contributed by atoms with Crippen LogP contribution in [0.2, 0.25) is 0 Å². The second-order valence-electron chi connectivity index (χ2n) is 5.60. The highest BCUT2D eigenvalue weighted by Gasteiger charge is 2.30. The van der Waals surface area contributed by atoms with E-state index in [1.807, 2.05) is 13.8 Å². The maximum atomic E-state index is 12.7. The van der Waals surface area contributed by atoms with Gasteiger partial charge >= 0.3 is 6.18 Å². The Balaban J connectivity index is 2.02. The molecular formula is C16H18F3N3O2. The summed E-state index contributed by atoms with van der Waals surface area (Å²) in [5.41, 5.74) is -0.0548. The number of alkyl halides is 3. The predicted molar refractivity (Wildman–Crippen MR) is 81.6 cm³/mol. The van der Waals surface area contributed by atoms with E-state index >= 15 is 0 Å². The van der Waals surface area contributed by atoms with Gasteiger partial charge in [0.05, 0.1) is 11.3 Å². The summed E-state index contributed by atoms with van der Waals surface area (Å²) in [5, 5.41) is 6.56. The van der Waals surface area contributed by atoms with Gasteiger partial charge in [-0.25, -0.2) is 0 Å².